The number of benzene rings is 1. The van der Waals surface area contributed by atoms with Crippen LogP contribution in [0.5, 0.6) is 0 Å². The number of nitrogens with zero attached hydrogens (tertiary/aromatic N) is 2. The highest BCUT2D eigenvalue weighted by molar-refractivity contribution is 9.10. The van der Waals surface area contributed by atoms with Gasteiger partial charge in [0.15, 0.2) is 5.82 Å². The van der Waals surface area contributed by atoms with Gasteiger partial charge in [0, 0.05) is 21.3 Å². The first-order valence-electron chi connectivity index (χ1n) is 5.55. The van der Waals surface area contributed by atoms with E-state index >= 15 is 0 Å². The van der Waals surface area contributed by atoms with E-state index in [-0.39, 0.29) is 0 Å². The molecule has 0 saturated carbocycles. The normalized spacial score (nSPS) is 13.8. The van der Waals surface area contributed by atoms with E-state index < -0.39 is 0 Å². The van der Waals surface area contributed by atoms with Gasteiger partial charge in [0.05, 0.1) is 0 Å². The van der Waals surface area contributed by atoms with Crippen LogP contribution < -0.4 is 0 Å². The van der Waals surface area contributed by atoms with Gasteiger partial charge in [-0.15, -0.1) is 0 Å². The quantitative estimate of drug-likeness (QED) is 0.743. The first-order valence-corrected chi connectivity index (χ1v) is 6.72. The van der Waals surface area contributed by atoms with Crippen LogP contribution in [-0.4, -0.2) is 9.97 Å². The summed E-state index contributed by atoms with van der Waals surface area (Å²) in [5, 5.41) is 0.613. The van der Waals surface area contributed by atoms with Crippen LogP contribution in [0.1, 0.15) is 17.7 Å². The Balaban J connectivity index is 2.13. The lowest BCUT2D eigenvalue weighted by Gasteiger charge is -2.05. The van der Waals surface area contributed by atoms with Crippen molar-refractivity contribution in [3.63, 3.8) is 0 Å². The zero-order valence-corrected chi connectivity index (χ0v) is 11.4. The Kier molecular flexibility index (Phi) is 2.89. The zero-order chi connectivity index (χ0) is 11.8. The summed E-state index contributed by atoms with van der Waals surface area (Å²) >= 11 is 9.65. The third-order valence-electron chi connectivity index (χ3n) is 2.97. The van der Waals surface area contributed by atoms with Crippen molar-refractivity contribution in [3.05, 3.63) is 45.1 Å². The van der Waals surface area contributed by atoms with Crippen molar-refractivity contribution in [2.45, 2.75) is 19.3 Å². The van der Waals surface area contributed by atoms with Gasteiger partial charge in [-0.2, -0.15) is 0 Å². The summed E-state index contributed by atoms with van der Waals surface area (Å²) in [7, 11) is 0. The molecule has 1 aliphatic rings. The Morgan fingerprint density at radius 1 is 1.18 bits per heavy atom. The van der Waals surface area contributed by atoms with Crippen molar-refractivity contribution in [1.29, 1.82) is 0 Å². The second kappa shape index (κ2) is 4.39. The largest absolute Gasteiger partial charge is 0.233 e. The molecule has 1 aliphatic carbocycles. The second-order valence-corrected chi connectivity index (χ2v) is 5.40. The summed E-state index contributed by atoms with van der Waals surface area (Å²) in [6.07, 6.45) is 3.15. The van der Waals surface area contributed by atoms with Crippen molar-refractivity contribution in [1.82, 2.24) is 9.97 Å². The molecule has 1 aromatic heterocycles. The highest BCUT2D eigenvalue weighted by Gasteiger charge is 2.18. The van der Waals surface area contributed by atoms with Crippen LogP contribution >= 0.6 is 27.5 Å². The molecule has 0 aliphatic heterocycles. The Bertz CT molecular complexity index is 584. The van der Waals surface area contributed by atoms with E-state index in [0.29, 0.717) is 5.15 Å². The van der Waals surface area contributed by atoms with E-state index in [1.54, 1.807) is 0 Å². The van der Waals surface area contributed by atoms with E-state index in [4.69, 9.17) is 11.6 Å². The highest BCUT2D eigenvalue weighted by Crippen LogP contribution is 2.29. The topological polar surface area (TPSA) is 25.8 Å². The number of aromatic nitrogens is 2. The Hall–Kier alpha value is -0.930. The molecule has 2 nitrogen and oxygen atoms in total. The maximum absolute atomic E-state index is 6.20. The Labute approximate surface area is 113 Å². The fourth-order valence-corrected chi connectivity index (χ4v) is 2.83. The highest BCUT2D eigenvalue weighted by atomic mass is 79.9. The maximum atomic E-state index is 6.20. The van der Waals surface area contributed by atoms with E-state index in [1.807, 2.05) is 24.3 Å². The lowest BCUT2D eigenvalue weighted by molar-refractivity contribution is 0.900. The van der Waals surface area contributed by atoms with Crippen molar-refractivity contribution >= 4 is 27.5 Å². The van der Waals surface area contributed by atoms with Gasteiger partial charge in [0.2, 0.25) is 0 Å². The molecule has 1 heterocycles. The lowest BCUT2D eigenvalue weighted by atomic mass is 10.2. The molecule has 0 bridgehead atoms. The molecule has 17 heavy (non-hydrogen) atoms. The molecule has 2 aromatic rings. The number of hydrogen-bond acceptors (Lipinski definition) is 2. The van der Waals surface area contributed by atoms with E-state index in [9.17, 15) is 0 Å². The average Bonchev–Trinajstić information content (AvgIpc) is 2.77. The number of halogens is 2. The van der Waals surface area contributed by atoms with E-state index in [1.165, 1.54) is 0 Å². The molecule has 0 atom stereocenters. The van der Waals surface area contributed by atoms with Crippen LogP contribution in [0.2, 0.25) is 5.15 Å². The number of hydrogen-bond donors (Lipinski definition) is 0. The third kappa shape index (κ3) is 2.09. The first kappa shape index (κ1) is 11.2. The molecule has 1 aromatic carbocycles. The van der Waals surface area contributed by atoms with Crippen LogP contribution in [0.15, 0.2) is 28.7 Å². The first-order chi connectivity index (χ1) is 8.24. The van der Waals surface area contributed by atoms with Gasteiger partial charge in [-0.05, 0) is 31.4 Å². The van der Waals surface area contributed by atoms with Crippen LogP contribution in [-0.2, 0) is 12.8 Å². The van der Waals surface area contributed by atoms with Crippen molar-refractivity contribution < 1.29 is 0 Å². The van der Waals surface area contributed by atoms with Crippen LogP contribution in [0.3, 0.4) is 0 Å². The SMILES string of the molecule is Clc1nc(-c2cccc(Br)c2)nc2c1CCC2. The molecule has 86 valence electrons. The number of fused-ring (bicyclic) bond motifs is 1. The number of rotatable bonds is 1. The minimum Gasteiger partial charge on any atom is -0.233 e. The molecular formula is C13H10BrClN2. The van der Waals surface area contributed by atoms with E-state index in [0.717, 1.165) is 46.4 Å². The summed E-state index contributed by atoms with van der Waals surface area (Å²) in [4.78, 5) is 9.00. The smallest absolute Gasteiger partial charge is 0.161 e. The summed E-state index contributed by atoms with van der Waals surface area (Å²) in [6, 6.07) is 7.97. The fraction of sp³-hybridized carbons (Fsp3) is 0.231. The second-order valence-electron chi connectivity index (χ2n) is 4.13. The monoisotopic (exact) mass is 308 g/mol. The molecule has 0 unspecified atom stereocenters. The summed E-state index contributed by atoms with van der Waals surface area (Å²) < 4.78 is 1.02. The zero-order valence-electron chi connectivity index (χ0n) is 9.08. The van der Waals surface area contributed by atoms with Crippen LogP contribution in [0, 0.1) is 0 Å². The molecule has 0 spiro atoms. The summed E-state index contributed by atoms with van der Waals surface area (Å²) in [5.41, 5.74) is 3.24. The number of aryl methyl sites for hydroxylation is 1. The van der Waals surface area contributed by atoms with E-state index in [2.05, 4.69) is 25.9 Å². The molecular weight excluding hydrogens is 300 g/mol. The van der Waals surface area contributed by atoms with Crippen LogP contribution in [0.4, 0.5) is 0 Å². The molecule has 0 fully saturated rings. The van der Waals surface area contributed by atoms with Gasteiger partial charge in [-0.3, -0.25) is 0 Å². The van der Waals surface area contributed by atoms with Gasteiger partial charge < -0.3 is 0 Å². The predicted molar refractivity (Wildman–Crippen MR) is 72.2 cm³/mol. The molecule has 0 amide bonds. The van der Waals surface area contributed by atoms with Crippen molar-refractivity contribution in [2.24, 2.45) is 0 Å². The van der Waals surface area contributed by atoms with Gasteiger partial charge >= 0.3 is 0 Å². The van der Waals surface area contributed by atoms with Gasteiger partial charge in [0.1, 0.15) is 5.15 Å². The average molecular weight is 310 g/mol. The van der Waals surface area contributed by atoms with Gasteiger partial charge in [-0.25, -0.2) is 9.97 Å². The molecule has 0 radical (unpaired) electrons. The fourth-order valence-electron chi connectivity index (χ4n) is 2.14. The Morgan fingerprint density at radius 2 is 2.06 bits per heavy atom. The maximum Gasteiger partial charge on any atom is 0.161 e. The summed E-state index contributed by atoms with van der Waals surface area (Å²) in [5.74, 6) is 0.719. The Morgan fingerprint density at radius 3 is 2.88 bits per heavy atom. The minimum absolute atomic E-state index is 0.613. The third-order valence-corrected chi connectivity index (χ3v) is 3.77. The minimum atomic E-state index is 0.613. The standard InChI is InChI=1S/C13H10BrClN2/c14-9-4-1-3-8(7-9)13-16-11-6-2-5-10(11)12(15)17-13/h1,3-4,7H,2,5-6H2. The molecule has 4 heteroatoms. The lowest BCUT2D eigenvalue weighted by Crippen LogP contribution is -1.97. The van der Waals surface area contributed by atoms with Crippen molar-refractivity contribution in [2.75, 3.05) is 0 Å². The molecule has 3 rings (SSSR count). The van der Waals surface area contributed by atoms with Crippen molar-refractivity contribution in [3.8, 4) is 11.4 Å². The van der Waals surface area contributed by atoms with Gasteiger partial charge in [-0.1, -0.05) is 39.7 Å². The summed E-state index contributed by atoms with van der Waals surface area (Å²) in [6.45, 7) is 0. The van der Waals surface area contributed by atoms with Crippen LogP contribution in [0.25, 0.3) is 11.4 Å². The predicted octanol–water partition coefficient (Wildman–Crippen LogP) is 4.05. The molecule has 0 N–H and O–H groups in total. The molecule has 0 saturated heterocycles. The van der Waals surface area contributed by atoms with Gasteiger partial charge in [0.25, 0.3) is 0 Å².